The Morgan fingerprint density at radius 2 is 1.95 bits per heavy atom. The lowest BCUT2D eigenvalue weighted by molar-refractivity contribution is 0.645. The summed E-state index contributed by atoms with van der Waals surface area (Å²) in [6.07, 6.45) is 4.92. The van der Waals surface area contributed by atoms with Gasteiger partial charge in [0.25, 0.3) is 0 Å². The summed E-state index contributed by atoms with van der Waals surface area (Å²) in [6.45, 7) is 0. The van der Waals surface area contributed by atoms with E-state index < -0.39 is 0 Å². The highest BCUT2D eigenvalue weighted by Crippen LogP contribution is 2.37. The molecule has 106 valence electrons. The summed E-state index contributed by atoms with van der Waals surface area (Å²) in [5.41, 5.74) is 5.28. The van der Waals surface area contributed by atoms with E-state index >= 15 is 0 Å². The summed E-state index contributed by atoms with van der Waals surface area (Å²) >= 11 is 14.2. The molecule has 0 radical (unpaired) electrons. The van der Waals surface area contributed by atoms with Crippen molar-refractivity contribution in [3.63, 3.8) is 0 Å². The molecule has 20 heavy (non-hydrogen) atoms. The highest BCUT2D eigenvalue weighted by atomic mass is 35.5. The van der Waals surface area contributed by atoms with Crippen LogP contribution in [0.1, 0.15) is 39.8 Å². The number of hydrogen-bond acceptors (Lipinski definition) is 3. The Morgan fingerprint density at radius 3 is 2.70 bits per heavy atom. The molecule has 0 fully saturated rings. The van der Waals surface area contributed by atoms with Gasteiger partial charge in [-0.2, -0.15) is 0 Å². The molecule has 1 aliphatic carbocycles. The van der Waals surface area contributed by atoms with Crippen molar-refractivity contribution in [2.45, 2.75) is 31.7 Å². The molecule has 1 atom stereocenters. The van der Waals surface area contributed by atoms with E-state index in [1.165, 1.54) is 41.0 Å². The van der Waals surface area contributed by atoms with Crippen molar-refractivity contribution < 1.29 is 0 Å². The average molecular weight is 327 g/mol. The summed E-state index contributed by atoms with van der Waals surface area (Å²) in [7, 11) is 0. The molecule has 2 nitrogen and oxygen atoms in total. The van der Waals surface area contributed by atoms with E-state index in [2.05, 4.69) is 11.5 Å². The van der Waals surface area contributed by atoms with E-state index in [4.69, 9.17) is 29.0 Å². The summed E-state index contributed by atoms with van der Waals surface area (Å²) in [5, 5.41) is 1.36. The molecule has 3 rings (SSSR count). The molecule has 1 aromatic heterocycles. The van der Waals surface area contributed by atoms with Gasteiger partial charge in [0, 0.05) is 19.8 Å². The molecule has 0 saturated heterocycles. The zero-order valence-corrected chi connectivity index (χ0v) is 13.3. The van der Waals surface area contributed by atoms with E-state index in [1.54, 1.807) is 6.07 Å². The third-order valence-electron chi connectivity index (χ3n) is 3.74. The molecular weight excluding hydrogens is 311 g/mol. The lowest BCUT2D eigenvalue weighted by Crippen LogP contribution is -2.28. The Kier molecular flexibility index (Phi) is 4.34. The molecule has 1 unspecified atom stereocenters. The number of nitrogens with one attached hydrogen (secondary N) is 1. The van der Waals surface area contributed by atoms with Crippen molar-refractivity contribution in [1.29, 1.82) is 0 Å². The van der Waals surface area contributed by atoms with Crippen LogP contribution in [0.15, 0.2) is 24.3 Å². The quantitative estimate of drug-likeness (QED) is 0.644. The molecule has 0 spiro atoms. The SMILES string of the molecule is NNC(c1cc2c(s1)CCCC2)c1cc(Cl)ccc1Cl. The number of thiophene rings is 1. The Hall–Kier alpha value is -0.580. The number of nitrogens with two attached hydrogens (primary N) is 1. The van der Waals surface area contributed by atoms with Crippen molar-refractivity contribution in [2.75, 3.05) is 0 Å². The van der Waals surface area contributed by atoms with Crippen LogP contribution in [0, 0.1) is 0 Å². The Morgan fingerprint density at radius 1 is 1.15 bits per heavy atom. The molecule has 0 amide bonds. The van der Waals surface area contributed by atoms with Gasteiger partial charge < -0.3 is 0 Å². The van der Waals surface area contributed by atoms with Crippen molar-refractivity contribution in [1.82, 2.24) is 5.43 Å². The van der Waals surface area contributed by atoms with Crippen molar-refractivity contribution >= 4 is 34.5 Å². The normalized spacial score (nSPS) is 15.9. The fourth-order valence-corrected chi connectivity index (χ4v) is 4.46. The number of halogens is 2. The van der Waals surface area contributed by atoms with Crippen LogP contribution in [0.2, 0.25) is 10.0 Å². The van der Waals surface area contributed by atoms with Crippen LogP contribution in [-0.2, 0) is 12.8 Å². The smallest absolute Gasteiger partial charge is 0.0817 e. The molecule has 0 saturated carbocycles. The van der Waals surface area contributed by atoms with E-state index in [-0.39, 0.29) is 6.04 Å². The minimum Gasteiger partial charge on any atom is -0.271 e. The second-order valence-electron chi connectivity index (χ2n) is 5.07. The topological polar surface area (TPSA) is 38.0 Å². The summed E-state index contributed by atoms with van der Waals surface area (Å²) in [6, 6.07) is 7.66. The number of benzene rings is 1. The minimum atomic E-state index is -0.100. The van der Waals surface area contributed by atoms with Crippen molar-refractivity contribution in [3.05, 3.63) is 55.2 Å². The second-order valence-corrected chi connectivity index (χ2v) is 7.08. The fourth-order valence-electron chi connectivity index (χ4n) is 2.72. The number of aryl methyl sites for hydroxylation is 2. The standard InChI is InChI=1S/C15H16Cl2N2S/c16-10-5-6-12(17)11(8-10)15(19-18)14-7-9-3-1-2-4-13(9)20-14/h5-8,15,19H,1-4,18H2. The molecule has 0 aliphatic heterocycles. The molecule has 5 heteroatoms. The van der Waals surface area contributed by atoms with E-state index in [1.807, 2.05) is 23.5 Å². The van der Waals surface area contributed by atoms with Gasteiger partial charge in [-0.1, -0.05) is 23.2 Å². The average Bonchev–Trinajstić information content (AvgIpc) is 2.87. The molecule has 1 heterocycles. The second kappa shape index (κ2) is 6.04. The van der Waals surface area contributed by atoms with E-state index in [0.717, 1.165) is 5.56 Å². The molecule has 1 aliphatic rings. The van der Waals surface area contributed by atoms with Crippen LogP contribution < -0.4 is 11.3 Å². The highest BCUT2D eigenvalue weighted by Gasteiger charge is 2.21. The van der Waals surface area contributed by atoms with Crippen LogP contribution in [-0.4, -0.2) is 0 Å². The predicted molar refractivity (Wildman–Crippen MR) is 86.6 cm³/mol. The van der Waals surface area contributed by atoms with Gasteiger partial charge in [0.1, 0.15) is 0 Å². The fraction of sp³-hybridized carbons (Fsp3) is 0.333. The van der Waals surface area contributed by atoms with Crippen molar-refractivity contribution in [2.24, 2.45) is 5.84 Å². The van der Waals surface area contributed by atoms with Crippen LogP contribution in [0.3, 0.4) is 0 Å². The summed E-state index contributed by atoms with van der Waals surface area (Å²) in [5.74, 6) is 5.77. The number of hydrogen-bond donors (Lipinski definition) is 2. The van der Waals surface area contributed by atoms with Crippen LogP contribution in [0.5, 0.6) is 0 Å². The number of fused-ring (bicyclic) bond motifs is 1. The zero-order chi connectivity index (χ0) is 14.1. The summed E-state index contributed by atoms with van der Waals surface area (Å²) in [4.78, 5) is 2.70. The maximum atomic E-state index is 6.30. The highest BCUT2D eigenvalue weighted by molar-refractivity contribution is 7.12. The lowest BCUT2D eigenvalue weighted by atomic mass is 9.98. The lowest BCUT2D eigenvalue weighted by Gasteiger charge is -2.16. The van der Waals surface area contributed by atoms with E-state index in [9.17, 15) is 0 Å². The van der Waals surface area contributed by atoms with Gasteiger partial charge in [0.15, 0.2) is 0 Å². The number of rotatable bonds is 3. The number of hydrazine groups is 1. The van der Waals surface area contributed by atoms with Crippen LogP contribution >= 0.6 is 34.5 Å². The Labute approximate surface area is 132 Å². The first-order valence-electron chi connectivity index (χ1n) is 6.71. The van der Waals surface area contributed by atoms with Crippen LogP contribution in [0.25, 0.3) is 0 Å². The Balaban J connectivity index is 2.01. The largest absolute Gasteiger partial charge is 0.271 e. The molecule has 2 aromatic rings. The van der Waals surface area contributed by atoms with Gasteiger partial charge in [-0.3, -0.25) is 5.84 Å². The van der Waals surface area contributed by atoms with E-state index in [0.29, 0.717) is 10.0 Å². The van der Waals surface area contributed by atoms with Gasteiger partial charge >= 0.3 is 0 Å². The first-order chi connectivity index (χ1) is 9.69. The molecule has 1 aromatic carbocycles. The van der Waals surface area contributed by atoms with Gasteiger partial charge in [-0.15, -0.1) is 11.3 Å². The molecular formula is C15H16Cl2N2S. The first kappa shape index (κ1) is 14.4. The molecule has 0 bridgehead atoms. The maximum absolute atomic E-state index is 6.30. The van der Waals surface area contributed by atoms with Crippen LogP contribution in [0.4, 0.5) is 0 Å². The van der Waals surface area contributed by atoms with Gasteiger partial charge in [-0.05, 0) is 61.1 Å². The predicted octanol–water partition coefficient (Wildman–Crippen LogP) is 4.49. The summed E-state index contributed by atoms with van der Waals surface area (Å²) < 4.78 is 0. The van der Waals surface area contributed by atoms with Gasteiger partial charge in [0.05, 0.1) is 6.04 Å². The third-order valence-corrected chi connectivity index (χ3v) is 5.62. The zero-order valence-electron chi connectivity index (χ0n) is 11.0. The monoisotopic (exact) mass is 326 g/mol. The first-order valence-corrected chi connectivity index (χ1v) is 8.29. The Bertz CT molecular complexity index is 601. The molecule has 3 N–H and O–H groups in total. The van der Waals surface area contributed by atoms with Gasteiger partial charge in [-0.25, -0.2) is 5.43 Å². The maximum Gasteiger partial charge on any atom is 0.0817 e. The minimum absolute atomic E-state index is 0.100. The third kappa shape index (κ3) is 2.74. The van der Waals surface area contributed by atoms with Crippen molar-refractivity contribution in [3.8, 4) is 0 Å². The van der Waals surface area contributed by atoms with Gasteiger partial charge in [0.2, 0.25) is 0 Å².